The zero-order chi connectivity index (χ0) is 17.9. The van der Waals surface area contributed by atoms with Gasteiger partial charge in [-0.25, -0.2) is 0 Å². The van der Waals surface area contributed by atoms with Crippen molar-refractivity contribution in [2.75, 3.05) is 0 Å². The average Bonchev–Trinajstić information content (AvgIpc) is 3.21. The zero-order valence-corrected chi connectivity index (χ0v) is 15.6. The van der Waals surface area contributed by atoms with Gasteiger partial charge in [0.05, 0.1) is 5.75 Å². The fourth-order valence-electron chi connectivity index (χ4n) is 1.77. The van der Waals surface area contributed by atoms with Crippen LogP contribution in [0.15, 0.2) is 38.4 Å². The van der Waals surface area contributed by atoms with E-state index in [0.717, 1.165) is 0 Å². The number of rotatable bonds is 6. The summed E-state index contributed by atoms with van der Waals surface area (Å²) in [7, 11) is 0. The number of halogens is 1. The topological polar surface area (TPSA) is 87.1 Å². The molecule has 0 saturated heterocycles. The molecule has 0 aliphatic carbocycles. The molecule has 0 N–H and O–H groups in total. The van der Waals surface area contributed by atoms with E-state index in [4.69, 9.17) is 25.3 Å². The van der Waals surface area contributed by atoms with Gasteiger partial charge in [0.25, 0.3) is 11.1 Å². The number of benzene rings is 1. The van der Waals surface area contributed by atoms with Gasteiger partial charge in [0, 0.05) is 10.4 Å². The lowest BCUT2D eigenvalue weighted by Crippen LogP contribution is -2.13. The van der Waals surface area contributed by atoms with E-state index in [1.807, 2.05) is 20.8 Å². The quantitative estimate of drug-likeness (QED) is 0.585. The lowest BCUT2D eigenvalue weighted by molar-refractivity contribution is 0.252. The summed E-state index contributed by atoms with van der Waals surface area (Å²) in [5.74, 6) is 2.72. The Kier molecular flexibility index (Phi) is 5.29. The highest BCUT2D eigenvalue weighted by Gasteiger charge is 2.21. The molecule has 3 rings (SSSR count). The molecule has 7 nitrogen and oxygen atoms in total. The molecule has 0 bridgehead atoms. The molecule has 2 heterocycles. The summed E-state index contributed by atoms with van der Waals surface area (Å²) in [4.78, 5) is 4.36. The van der Waals surface area contributed by atoms with E-state index in [-0.39, 0.29) is 12.0 Å². The maximum Gasteiger partial charge on any atom is 0.277 e. The van der Waals surface area contributed by atoms with Crippen molar-refractivity contribution in [3.63, 3.8) is 0 Å². The highest BCUT2D eigenvalue weighted by molar-refractivity contribution is 7.98. The Balaban J connectivity index is 1.51. The molecule has 0 spiro atoms. The largest absolute Gasteiger partial charge is 0.484 e. The number of aromatic nitrogens is 4. The lowest BCUT2D eigenvalue weighted by atomic mass is 9.96. The summed E-state index contributed by atoms with van der Waals surface area (Å²) in [6.07, 6.45) is 0. The van der Waals surface area contributed by atoms with Crippen molar-refractivity contribution in [2.24, 2.45) is 0 Å². The number of ether oxygens (including phenoxy) is 1. The van der Waals surface area contributed by atoms with E-state index in [2.05, 4.69) is 20.3 Å². The number of nitrogens with zero attached hydrogens (tertiary/aromatic N) is 4. The van der Waals surface area contributed by atoms with Crippen LogP contribution in [0.25, 0.3) is 0 Å². The molecule has 0 atom stereocenters. The standard InChI is InChI=1S/C16H17ClN4O3S/c1-16(2,3)14-18-13(24-21-14)9-25-15-20-19-12(23-15)8-22-11-6-4-10(17)5-7-11/h4-7H,8-9H2,1-3H3. The molecule has 0 radical (unpaired) electrons. The molecule has 0 saturated carbocycles. The predicted molar refractivity (Wildman–Crippen MR) is 92.6 cm³/mol. The summed E-state index contributed by atoms with van der Waals surface area (Å²) < 4.78 is 16.3. The first-order chi connectivity index (χ1) is 11.9. The fourth-order valence-corrected chi connectivity index (χ4v) is 2.52. The van der Waals surface area contributed by atoms with Crippen LogP contribution in [0.2, 0.25) is 5.02 Å². The van der Waals surface area contributed by atoms with E-state index >= 15 is 0 Å². The van der Waals surface area contributed by atoms with E-state index in [0.29, 0.717) is 39.4 Å². The molecule has 0 aliphatic rings. The summed E-state index contributed by atoms with van der Waals surface area (Å²) >= 11 is 7.16. The summed E-state index contributed by atoms with van der Waals surface area (Å²) in [6.45, 7) is 6.27. The summed E-state index contributed by atoms with van der Waals surface area (Å²) in [5, 5.41) is 13.0. The molecule has 0 fully saturated rings. The number of hydrogen-bond donors (Lipinski definition) is 0. The van der Waals surface area contributed by atoms with Gasteiger partial charge in [0.1, 0.15) is 5.75 Å². The van der Waals surface area contributed by atoms with Crippen LogP contribution in [0.4, 0.5) is 0 Å². The second-order valence-electron chi connectivity index (χ2n) is 6.25. The Labute approximate surface area is 154 Å². The molecule has 9 heteroatoms. The van der Waals surface area contributed by atoms with Crippen LogP contribution in [0, 0.1) is 0 Å². The van der Waals surface area contributed by atoms with Crippen molar-refractivity contribution >= 4 is 23.4 Å². The first kappa shape index (κ1) is 17.8. The highest BCUT2D eigenvalue weighted by atomic mass is 35.5. The van der Waals surface area contributed by atoms with Crippen molar-refractivity contribution < 1.29 is 13.7 Å². The molecular weight excluding hydrogens is 364 g/mol. The van der Waals surface area contributed by atoms with Crippen molar-refractivity contribution in [3.8, 4) is 5.75 Å². The monoisotopic (exact) mass is 380 g/mol. The maximum absolute atomic E-state index is 5.83. The fraction of sp³-hybridized carbons (Fsp3) is 0.375. The molecule has 0 unspecified atom stereocenters. The van der Waals surface area contributed by atoms with E-state index in [1.165, 1.54) is 11.8 Å². The van der Waals surface area contributed by atoms with Gasteiger partial charge in [-0.15, -0.1) is 10.2 Å². The zero-order valence-electron chi connectivity index (χ0n) is 14.0. The second-order valence-corrected chi connectivity index (χ2v) is 7.62. The molecular formula is C16H17ClN4O3S. The average molecular weight is 381 g/mol. The highest BCUT2D eigenvalue weighted by Crippen LogP contribution is 2.24. The third-order valence-electron chi connectivity index (χ3n) is 3.08. The number of hydrogen-bond acceptors (Lipinski definition) is 8. The van der Waals surface area contributed by atoms with Crippen molar-refractivity contribution in [2.45, 2.75) is 43.8 Å². The minimum absolute atomic E-state index is 0.150. The summed E-state index contributed by atoms with van der Waals surface area (Å²) in [6, 6.07) is 7.05. The van der Waals surface area contributed by atoms with Gasteiger partial charge in [0.2, 0.25) is 5.89 Å². The molecule has 132 valence electrons. The smallest absolute Gasteiger partial charge is 0.277 e. The van der Waals surface area contributed by atoms with Gasteiger partial charge in [0.15, 0.2) is 12.4 Å². The van der Waals surface area contributed by atoms with Gasteiger partial charge in [-0.05, 0) is 24.3 Å². The van der Waals surface area contributed by atoms with Crippen LogP contribution in [0.1, 0.15) is 38.4 Å². The Morgan fingerprint density at radius 2 is 1.88 bits per heavy atom. The Bertz CT molecular complexity index is 827. The molecule has 0 aliphatic heterocycles. The lowest BCUT2D eigenvalue weighted by Gasteiger charge is -2.10. The van der Waals surface area contributed by atoms with Crippen LogP contribution in [0.5, 0.6) is 5.75 Å². The van der Waals surface area contributed by atoms with Gasteiger partial charge < -0.3 is 13.7 Å². The van der Waals surface area contributed by atoms with Crippen LogP contribution in [-0.2, 0) is 17.8 Å². The normalized spacial score (nSPS) is 11.7. The maximum atomic E-state index is 5.83. The van der Waals surface area contributed by atoms with Gasteiger partial charge >= 0.3 is 0 Å². The Hall–Kier alpha value is -2.06. The first-order valence-electron chi connectivity index (χ1n) is 7.57. The third kappa shape index (κ3) is 4.96. The van der Waals surface area contributed by atoms with Crippen molar-refractivity contribution in [1.82, 2.24) is 20.3 Å². The third-order valence-corrected chi connectivity index (χ3v) is 4.14. The molecule has 25 heavy (non-hydrogen) atoms. The van der Waals surface area contributed by atoms with E-state index < -0.39 is 0 Å². The minimum Gasteiger partial charge on any atom is -0.484 e. The van der Waals surface area contributed by atoms with Gasteiger partial charge in [-0.3, -0.25) is 0 Å². The molecule has 1 aromatic carbocycles. The predicted octanol–water partition coefficient (Wildman–Crippen LogP) is 4.27. The Morgan fingerprint density at radius 1 is 1.12 bits per heavy atom. The molecule has 2 aromatic heterocycles. The second kappa shape index (κ2) is 7.45. The summed E-state index contributed by atoms with van der Waals surface area (Å²) in [5.41, 5.74) is -0.150. The molecule has 0 amide bonds. The van der Waals surface area contributed by atoms with Crippen LogP contribution < -0.4 is 4.74 Å². The molecule has 3 aromatic rings. The van der Waals surface area contributed by atoms with Gasteiger partial charge in [-0.2, -0.15) is 4.98 Å². The van der Waals surface area contributed by atoms with E-state index in [9.17, 15) is 0 Å². The van der Waals surface area contributed by atoms with E-state index in [1.54, 1.807) is 24.3 Å². The van der Waals surface area contributed by atoms with Crippen molar-refractivity contribution in [3.05, 3.63) is 46.9 Å². The van der Waals surface area contributed by atoms with Crippen LogP contribution >= 0.6 is 23.4 Å². The van der Waals surface area contributed by atoms with Crippen LogP contribution in [-0.4, -0.2) is 20.3 Å². The van der Waals surface area contributed by atoms with Gasteiger partial charge in [-0.1, -0.05) is 49.3 Å². The minimum atomic E-state index is -0.150. The SMILES string of the molecule is CC(C)(C)c1noc(CSc2nnc(COc3ccc(Cl)cc3)o2)n1. The Morgan fingerprint density at radius 3 is 2.56 bits per heavy atom. The van der Waals surface area contributed by atoms with Crippen LogP contribution in [0.3, 0.4) is 0 Å². The number of thioether (sulfide) groups is 1. The van der Waals surface area contributed by atoms with Crippen molar-refractivity contribution in [1.29, 1.82) is 0 Å². The first-order valence-corrected chi connectivity index (χ1v) is 8.93.